The third-order valence-electron chi connectivity index (χ3n) is 4.29. The lowest BCUT2D eigenvalue weighted by Crippen LogP contribution is -2.40. The van der Waals surface area contributed by atoms with Gasteiger partial charge in [0.15, 0.2) is 0 Å². The van der Waals surface area contributed by atoms with Gasteiger partial charge in [-0.05, 0) is 18.9 Å². The number of aromatic nitrogens is 3. The molecule has 128 valence electrons. The van der Waals surface area contributed by atoms with Crippen LogP contribution in [0.25, 0.3) is 0 Å². The molecule has 0 radical (unpaired) electrons. The molecule has 1 fully saturated rings. The zero-order valence-electron chi connectivity index (χ0n) is 13.8. The van der Waals surface area contributed by atoms with E-state index in [0.717, 1.165) is 18.8 Å². The topological polar surface area (TPSA) is 93.4 Å². The average molecular weight is 331 g/mol. The van der Waals surface area contributed by atoms with E-state index in [1.165, 1.54) is 12.6 Å². The van der Waals surface area contributed by atoms with Crippen LogP contribution in [-0.2, 0) is 11.2 Å². The predicted octanol–water partition coefficient (Wildman–Crippen LogP) is 1.05. The van der Waals surface area contributed by atoms with E-state index in [-0.39, 0.29) is 18.1 Å². The monoisotopic (exact) mass is 331 g/mol. The van der Waals surface area contributed by atoms with Crippen molar-refractivity contribution < 1.29 is 14.1 Å². The van der Waals surface area contributed by atoms with Crippen LogP contribution >= 0.6 is 0 Å². The van der Waals surface area contributed by atoms with Gasteiger partial charge in [0, 0.05) is 26.4 Å². The molecule has 8 nitrogen and oxygen atoms in total. The van der Waals surface area contributed by atoms with E-state index in [1.54, 1.807) is 13.3 Å². The van der Waals surface area contributed by atoms with Gasteiger partial charge in [-0.15, -0.1) is 0 Å². The highest BCUT2D eigenvalue weighted by molar-refractivity contribution is 5.94. The van der Waals surface area contributed by atoms with E-state index < -0.39 is 0 Å². The summed E-state index contributed by atoms with van der Waals surface area (Å²) in [4.78, 5) is 22.8. The molecule has 1 aliphatic heterocycles. The molecule has 1 amide bonds. The van der Waals surface area contributed by atoms with Crippen molar-refractivity contribution in [3.63, 3.8) is 0 Å². The van der Waals surface area contributed by atoms with Gasteiger partial charge in [0.25, 0.3) is 5.91 Å². The Hall–Kier alpha value is -2.48. The maximum Gasteiger partial charge on any atom is 0.256 e. The molecule has 1 N–H and O–H groups in total. The fourth-order valence-corrected chi connectivity index (χ4v) is 2.98. The van der Waals surface area contributed by atoms with E-state index in [2.05, 4.69) is 25.3 Å². The molecule has 1 saturated heterocycles. The van der Waals surface area contributed by atoms with Crippen molar-refractivity contribution in [2.75, 3.05) is 25.1 Å². The van der Waals surface area contributed by atoms with Crippen LogP contribution in [0.15, 0.2) is 29.4 Å². The Bertz CT molecular complexity index is 675. The number of ether oxygens (including phenoxy) is 1. The molecule has 0 saturated carbocycles. The van der Waals surface area contributed by atoms with Crippen LogP contribution in [0.2, 0.25) is 0 Å². The summed E-state index contributed by atoms with van der Waals surface area (Å²) < 4.78 is 10.4. The summed E-state index contributed by atoms with van der Waals surface area (Å²) in [6.45, 7) is 3.17. The second kappa shape index (κ2) is 7.39. The Labute approximate surface area is 140 Å². The van der Waals surface area contributed by atoms with Crippen molar-refractivity contribution in [1.29, 1.82) is 0 Å². The van der Waals surface area contributed by atoms with Crippen LogP contribution in [0.4, 0.5) is 5.82 Å². The molecule has 24 heavy (non-hydrogen) atoms. The van der Waals surface area contributed by atoms with Gasteiger partial charge in [-0.25, -0.2) is 9.97 Å². The molecule has 8 heteroatoms. The largest absolute Gasteiger partial charge is 0.380 e. The first kappa shape index (κ1) is 16.4. The van der Waals surface area contributed by atoms with Gasteiger partial charge in [0.1, 0.15) is 24.0 Å². The lowest BCUT2D eigenvalue weighted by Gasteiger charge is -2.25. The molecular weight excluding hydrogens is 310 g/mol. The minimum absolute atomic E-state index is 0.110. The van der Waals surface area contributed by atoms with Crippen molar-refractivity contribution in [3.05, 3.63) is 36.1 Å². The van der Waals surface area contributed by atoms with Gasteiger partial charge in [-0.1, -0.05) is 12.1 Å². The van der Waals surface area contributed by atoms with Gasteiger partial charge in [0.05, 0.1) is 17.8 Å². The van der Waals surface area contributed by atoms with Crippen molar-refractivity contribution >= 4 is 11.7 Å². The van der Waals surface area contributed by atoms with Gasteiger partial charge >= 0.3 is 0 Å². The Morgan fingerprint density at radius 2 is 2.42 bits per heavy atom. The van der Waals surface area contributed by atoms with Crippen LogP contribution in [-0.4, -0.2) is 53.4 Å². The molecule has 0 aliphatic carbocycles. The Kier molecular flexibility index (Phi) is 5.05. The summed E-state index contributed by atoms with van der Waals surface area (Å²) in [6.07, 6.45) is 6.22. The quantitative estimate of drug-likeness (QED) is 0.845. The van der Waals surface area contributed by atoms with Crippen LogP contribution in [0, 0.1) is 0 Å². The summed E-state index contributed by atoms with van der Waals surface area (Å²) in [6, 6.07) is 1.97. The standard InChI is InChI=1S/C16H21N5O3/c1-3-14-13(9-24-20-14)16(22)18-7-11-6-12(23-2)8-21(11)15-4-5-17-10-19-15/h4-5,9-12H,3,6-8H2,1-2H3,(H,18,22)/t11-,12-/m1/s1. The maximum absolute atomic E-state index is 12.3. The number of nitrogens with one attached hydrogen (secondary N) is 1. The fourth-order valence-electron chi connectivity index (χ4n) is 2.98. The number of carbonyl (C=O) groups is 1. The smallest absolute Gasteiger partial charge is 0.256 e. The van der Waals surface area contributed by atoms with E-state index in [9.17, 15) is 4.79 Å². The Morgan fingerprint density at radius 3 is 3.12 bits per heavy atom. The third kappa shape index (κ3) is 3.38. The highest BCUT2D eigenvalue weighted by atomic mass is 16.5. The lowest BCUT2D eigenvalue weighted by molar-refractivity contribution is 0.0945. The van der Waals surface area contributed by atoms with Crippen molar-refractivity contribution in [3.8, 4) is 0 Å². The second-order valence-corrected chi connectivity index (χ2v) is 5.71. The van der Waals surface area contributed by atoms with Gasteiger partial charge < -0.3 is 19.5 Å². The average Bonchev–Trinajstić information content (AvgIpc) is 3.26. The van der Waals surface area contributed by atoms with E-state index in [0.29, 0.717) is 24.2 Å². The molecule has 2 aromatic rings. The van der Waals surface area contributed by atoms with E-state index in [1.807, 2.05) is 13.0 Å². The van der Waals surface area contributed by atoms with Crippen molar-refractivity contribution in [2.24, 2.45) is 0 Å². The summed E-state index contributed by atoms with van der Waals surface area (Å²) in [7, 11) is 1.70. The Balaban J connectivity index is 1.67. The zero-order valence-corrected chi connectivity index (χ0v) is 13.8. The number of methoxy groups -OCH3 is 1. The maximum atomic E-state index is 12.3. The molecule has 0 bridgehead atoms. The van der Waals surface area contributed by atoms with Crippen molar-refractivity contribution in [2.45, 2.75) is 31.9 Å². The predicted molar refractivity (Wildman–Crippen MR) is 86.8 cm³/mol. The Morgan fingerprint density at radius 1 is 1.54 bits per heavy atom. The van der Waals surface area contributed by atoms with Crippen molar-refractivity contribution in [1.82, 2.24) is 20.4 Å². The first-order chi connectivity index (χ1) is 11.7. The number of amides is 1. The molecule has 3 rings (SSSR count). The minimum atomic E-state index is -0.170. The molecular formula is C16H21N5O3. The number of aryl methyl sites for hydroxylation is 1. The number of rotatable bonds is 6. The SMILES string of the molecule is CCc1nocc1C(=O)NC[C@H]1C[C@@H](OC)CN1c1ccncn1. The first-order valence-corrected chi connectivity index (χ1v) is 7.99. The van der Waals surface area contributed by atoms with Crippen LogP contribution in [0.5, 0.6) is 0 Å². The molecule has 1 aliphatic rings. The van der Waals surface area contributed by atoms with Gasteiger partial charge in [-0.3, -0.25) is 4.79 Å². The number of nitrogens with zero attached hydrogens (tertiary/aromatic N) is 4. The fraction of sp³-hybridized carbons (Fsp3) is 0.500. The van der Waals surface area contributed by atoms with Gasteiger partial charge in [0.2, 0.25) is 0 Å². The van der Waals surface area contributed by atoms with Gasteiger partial charge in [-0.2, -0.15) is 0 Å². The molecule has 2 atom stereocenters. The molecule has 2 aromatic heterocycles. The van der Waals surface area contributed by atoms with E-state index in [4.69, 9.17) is 9.26 Å². The number of hydrogen-bond acceptors (Lipinski definition) is 7. The van der Waals surface area contributed by atoms with E-state index >= 15 is 0 Å². The number of anilines is 1. The van der Waals surface area contributed by atoms with Crippen LogP contribution in [0.1, 0.15) is 29.4 Å². The second-order valence-electron chi connectivity index (χ2n) is 5.71. The molecule has 0 aromatic carbocycles. The highest BCUT2D eigenvalue weighted by Crippen LogP contribution is 2.24. The summed E-state index contributed by atoms with van der Waals surface area (Å²) >= 11 is 0. The first-order valence-electron chi connectivity index (χ1n) is 7.99. The normalized spacial score (nSPS) is 20.3. The lowest BCUT2D eigenvalue weighted by atomic mass is 10.1. The zero-order chi connectivity index (χ0) is 16.9. The highest BCUT2D eigenvalue weighted by Gasteiger charge is 2.33. The summed E-state index contributed by atoms with van der Waals surface area (Å²) in [5.74, 6) is 0.666. The molecule has 3 heterocycles. The number of carbonyl (C=O) groups excluding carboxylic acids is 1. The summed E-state index contributed by atoms with van der Waals surface area (Å²) in [5, 5.41) is 6.81. The van der Waals surface area contributed by atoms with Crippen LogP contribution in [0.3, 0.4) is 0 Å². The van der Waals surface area contributed by atoms with Crippen LogP contribution < -0.4 is 10.2 Å². The third-order valence-corrected chi connectivity index (χ3v) is 4.29. The molecule has 0 spiro atoms. The minimum Gasteiger partial charge on any atom is -0.380 e. The molecule has 0 unspecified atom stereocenters. The summed E-state index contributed by atoms with van der Waals surface area (Å²) in [5.41, 5.74) is 1.16. The number of hydrogen-bond donors (Lipinski definition) is 1.